The molecule has 0 saturated carbocycles. The standard InChI is InChI=1S/C25H24N2O4/c1-17-4-6-18(7-5-17)23(28)19-12-14-27(15-13-19)25(30)20-8-10-21(11-9-20)26-24(29)22-3-2-16-31-22/h2-11,16,19H,12-15H2,1H3,(H,26,29). The van der Waals surface area contributed by atoms with E-state index in [0.29, 0.717) is 37.2 Å². The molecule has 0 spiro atoms. The number of hydrogen-bond donors (Lipinski definition) is 1. The molecule has 1 saturated heterocycles. The molecule has 1 fully saturated rings. The van der Waals surface area contributed by atoms with E-state index in [4.69, 9.17) is 4.42 Å². The second-order valence-corrected chi connectivity index (χ2v) is 7.81. The van der Waals surface area contributed by atoms with E-state index in [2.05, 4.69) is 5.32 Å². The van der Waals surface area contributed by atoms with Gasteiger partial charge in [0.1, 0.15) is 0 Å². The highest BCUT2D eigenvalue weighted by Gasteiger charge is 2.28. The number of aryl methyl sites for hydroxylation is 1. The molecule has 1 aliphatic heterocycles. The summed E-state index contributed by atoms with van der Waals surface area (Å²) in [5.74, 6) is -0.0764. The van der Waals surface area contributed by atoms with Crippen LogP contribution < -0.4 is 5.32 Å². The Kier molecular flexibility index (Phi) is 5.98. The molecule has 2 aromatic carbocycles. The van der Waals surface area contributed by atoms with Crippen LogP contribution in [0, 0.1) is 12.8 Å². The maximum absolute atomic E-state index is 12.8. The van der Waals surface area contributed by atoms with Crippen molar-refractivity contribution in [1.29, 1.82) is 0 Å². The minimum atomic E-state index is -0.343. The number of nitrogens with one attached hydrogen (secondary N) is 1. The van der Waals surface area contributed by atoms with Crippen molar-refractivity contribution < 1.29 is 18.8 Å². The van der Waals surface area contributed by atoms with E-state index >= 15 is 0 Å². The Labute approximate surface area is 180 Å². The topological polar surface area (TPSA) is 79.6 Å². The molecule has 0 atom stereocenters. The summed E-state index contributed by atoms with van der Waals surface area (Å²) in [5.41, 5.74) is 3.01. The smallest absolute Gasteiger partial charge is 0.291 e. The number of ketones is 1. The molecule has 0 bridgehead atoms. The van der Waals surface area contributed by atoms with Crippen molar-refractivity contribution in [1.82, 2.24) is 4.90 Å². The number of rotatable bonds is 5. The summed E-state index contributed by atoms with van der Waals surface area (Å²) in [4.78, 5) is 39.4. The Morgan fingerprint density at radius 2 is 1.55 bits per heavy atom. The average molecular weight is 416 g/mol. The van der Waals surface area contributed by atoms with Gasteiger partial charge in [0.05, 0.1) is 6.26 Å². The first kappa shape index (κ1) is 20.6. The highest BCUT2D eigenvalue weighted by atomic mass is 16.3. The van der Waals surface area contributed by atoms with Gasteiger partial charge in [-0.25, -0.2) is 0 Å². The lowest BCUT2D eigenvalue weighted by Crippen LogP contribution is -2.40. The van der Waals surface area contributed by atoms with Crippen LogP contribution in [-0.2, 0) is 0 Å². The van der Waals surface area contributed by atoms with E-state index in [1.165, 1.54) is 6.26 Å². The van der Waals surface area contributed by atoms with Crippen molar-refractivity contribution >= 4 is 23.3 Å². The summed E-state index contributed by atoms with van der Waals surface area (Å²) in [6, 6.07) is 17.7. The number of likely N-dealkylation sites (tertiary alicyclic amines) is 1. The third kappa shape index (κ3) is 4.74. The van der Waals surface area contributed by atoms with Gasteiger partial charge in [0, 0.05) is 35.8 Å². The van der Waals surface area contributed by atoms with Crippen LogP contribution in [0.1, 0.15) is 49.7 Å². The fourth-order valence-electron chi connectivity index (χ4n) is 3.78. The maximum Gasteiger partial charge on any atom is 0.291 e. The molecule has 0 aliphatic carbocycles. The van der Waals surface area contributed by atoms with Crippen LogP contribution in [0.3, 0.4) is 0 Å². The Morgan fingerprint density at radius 1 is 0.903 bits per heavy atom. The Hall–Kier alpha value is -3.67. The van der Waals surface area contributed by atoms with Gasteiger partial charge < -0.3 is 14.6 Å². The molecule has 2 amide bonds. The van der Waals surface area contributed by atoms with Gasteiger partial charge in [-0.1, -0.05) is 29.8 Å². The summed E-state index contributed by atoms with van der Waals surface area (Å²) in [7, 11) is 0. The summed E-state index contributed by atoms with van der Waals surface area (Å²) < 4.78 is 5.07. The Balaban J connectivity index is 1.32. The molecule has 0 unspecified atom stereocenters. The lowest BCUT2D eigenvalue weighted by Gasteiger charge is -2.31. The number of furan rings is 1. The zero-order valence-corrected chi connectivity index (χ0v) is 17.3. The highest BCUT2D eigenvalue weighted by molar-refractivity contribution is 6.02. The largest absolute Gasteiger partial charge is 0.459 e. The first-order valence-corrected chi connectivity index (χ1v) is 10.4. The summed E-state index contributed by atoms with van der Waals surface area (Å²) in [6.45, 7) is 3.11. The number of benzene rings is 2. The van der Waals surface area contributed by atoms with Gasteiger partial charge in [-0.15, -0.1) is 0 Å². The van der Waals surface area contributed by atoms with Crippen LogP contribution >= 0.6 is 0 Å². The molecule has 158 valence electrons. The third-order valence-corrected chi connectivity index (χ3v) is 5.62. The molecule has 6 heteroatoms. The van der Waals surface area contributed by atoms with Gasteiger partial charge in [-0.2, -0.15) is 0 Å². The van der Waals surface area contributed by atoms with Crippen LogP contribution in [0.5, 0.6) is 0 Å². The van der Waals surface area contributed by atoms with Crippen molar-refractivity contribution in [2.24, 2.45) is 5.92 Å². The molecule has 0 radical (unpaired) electrons. The van der Waals surface area contributed by atoms with Crippen LogP contribution in [0.2, 0.25) is 0 Å². The van der Waals surface area contributed by atoms with E-state index < -0.39 is 0 Å². The van der Waals surface area contributed by atoms with Crippen molar-refractivity contribution in [3.05, 3.63) is 89.4 Å². The lowest BCUT2D eigenvalue weighted by atomic mass is 9.88. The van der Waals surface area contributed by atoms with Gasteiger partial charge in [0.2, 0.25) is 0 Å². The normalized spacial score (nSPS) is 14.3. The van der Waals surface area contributed by atoms with E-state index in [-0.39, 0.29) is 29.3 Å². The van der Waals surface area contributed by atoms with E-state index in [0.717, 1.165) is 11.1 Å². The second kappa shape index (κ2) is 9.00. The molecular formula is C25H24N2O4. The lowest BCUT2D eigenvalue weighted by molar-refractivity contribution is 0.0650. The van der Waals surface area contributed by atoms with Crippen LogP contribution in [0.15, 0.2) is 71.3 Å². The molecule has 1 N–H and O–H groups in total. The zero-order valence-electron chi connectivity index (χ0n) is 17.3. The monoisotopic (exact) mass is 416 g/mol. The van der Waals surface area contributed by atoms with Gasteiger partial charge in [0.15, 0.2) is 11.5 Å². The first-order valence-electron chi connectivity index (χ1n) is 10.4. The fourth-order valence-corrected chi connectivity index (χ4v) is 3.78. The van der Waals surface area contributed by atoms with Crippen molar-refractivity contribution in [2.75, 3.05) is 18.4 Å². The molecule has 3 aromatic rings. The van der Waals surface area contributed by atoms with Crippen LogP contribution in [0.4, 0.5) is 5.69 Å². The number of amides is 2. The minimum absolute atomic E-state index is 0.0501. The van der Waals surface area contributed by atoms with E-state index in [9.17, 15) is 14.4 Å². The van der Waals surface area contributed by atoms with Gasteiger partial charge in [-0.3, -0.25) is 14.4 Å². The number of hydrogen-bond acceptors (Lipinski definition) is 4. The van der Waals surface area contributed by atoms with Gasteiger partial charge in [0.25, 0.3) is 11.8 Å². The van der Waals surface area contributed by atoms with Gasteiger partial charge >= 0.3 is 0 Å². The number of carbonyl (C=O) groups excluding carboxylic acids is 3. The van der Waals surface area contributed by atoms with Gasteiger partial charge in [-0.05, 0) is 56.2 Å². The Bertz CT molecular complexity index is 1060. The number of anilines is 1. The number of piperidine rings is 1. The maximum atomic E-state index is 12.8. The van der Waals surface area contributed by atoms with Crippen LogP contribution in [-0.4, -0.2) is 35.6 Å². The molecule has 1 aromatic heterocycles. The SMILES string of the molecule is Cc1ccc(C(=O)C2CCN(C(=O)c3ccc(NC(=O)c4ccco4)cc3)CC2)cc1. The molecule has 31 heavy (non-hydrogen) atoms. The third-order valence-electron chi connectivity index (χ3n) is 5.62. The molecular weight excluding hydrogens is 392 g/mol. The van der Waals surface area contributed by atoms with E-state index in [1.807, 2.05) is 31.2 Å². The van der Waals surface area contributed by atoms with E-state index in [1.54, 1.807) is 41.3 Å². The molecule has 2 heterocycles. The van der Waals surface area contributed by atoms with Crippen LogP contribution in [0.25, 0.3) is 0 Å². The quantitative estimate of drug-likeness (QED) is 0.618. The van der Waals surface area contributed by atoms with Crippen molar-refractivity contribution in [3.63, 3.8) is 0 Å². The summed E-state index contributed by atoms with van der Waals surface area (Å²) >= 11 is 0. The molecule has 6 nitrogen and oxygen atoms in total. The first-order chi connectivity index (χ1) is 15.0. The number of Topliss-reactive ketones (excluding diaryl/α,β-unsaturated/α-hetero) is 1. The summed E-state index contributed by atoms with van der Waals surface area (Å²) in [6.07, 6.45) is 2.76. The number of nitrogens with zero attached hydrogens (tertiary/aromatic N) is 1. The highest BCUT2D eigenvalue weighted by Crippen LogP contribution is 2.24. The molecule has 1 aliphatic rings. The Morgan fingerprint density at radius 3 is 2.16 bits per heavy atom. The minimum Gasteiger partial charge on any atom is -0.459 e. The van der Waals surface area contributed by atoms with Crippen molar-refractivity contribution in [3.8, 4) is 0 Å². The molecule has 4 rings (SSSR count). The predicted molar refractivity (Wildman–Crippen MR) is 117 cm³/mol. The zero-order chi connectivity index (χ0) is 21.8. The van der Waals surface area contributed by atoms with Crippen molar-refractivity contribution in [2.45, 2.75) is 19.8 Å². The summed E-state index contributed by atoms with van der Waals surface area (Å²) in [5, 5.41) is 2.73. The predicted octanol–water partition coefficient (Wildman–Crippen LogP) is 4.58. The number of carbonyl (C=O) groups is 3. The average Bonchev–Trinajstić information content (AvgIpc) is 3.35. The fraction of sp³-hybridized carbons (Fsp3) is 0.240. The second-order valence-electron chi connectivity index (χ2n) is 7.81.